The van der Waals surface area contributed by atoms with E-state index in [1.54, 1.807) is 23.5 Å². The number of halogens is 1. The number of amides is 2. The van der Waals surface area contributed by atoms with Crippen LogP contribution in [0.25, 0.3) is 0 Å². The van der Waals surface area contributed by atoms with Crippen LogP contribution in [-0.2, 0) is 23.7 Å². The molecular weight excluding hydrogens is 491 g/mol. The normalized spacial score (nSPS) is 20.9. The molecule has 1 aliphatic carbocycles. The van der Waals surface area contributed by atoms with E-state index in [0.717, 1.165) is 56.5 Å². The van der Waals surface area contributed by atoms with Gasteiger partial charge in [-0.3, -0.25) is 5.32 Å². The van der Waals surface area contributed by atoms with Gasteiger partial charge in [0.25, 0.3) is 0 Å². The van der Waals surface area contributed by atoms with E-state index in [1.165, 1.54) is 10.4 Å². The second kappa shape index (κ2) is 9.72. The van der Waals surface area contributed by atoms with Crippen molar-refractivity contribution in [1.82, 2.24) is 9.88 Å². The number of fused-ring (bicyclic) bond motifs is 2. The molecule has 5 rings (SSSR count). The van der Waals surface area contributed by atoms with Crippen LogP contribution in [0.5, 0.6) is 0 Å². The molecule has 197 valence electrons. The Balaban J connectivity index is 1.15. The Morgan fingerprint density at radius 3 is 2.64 bits per heavy atom. The van der Waals surface area contributed by atoms with Crippen molar-refractivity contribution in [2.75, 3.05) is 29.9 Å². The maximum Gasteiger partial charge on any atom is 0.323 e. The molecule has 6 nitrogen and oxygen atoms in total. The van der Waals surface area contributed by atoms with Crippen molar-refractivity contribution in [3.8, 4) is 0 Å². The van der Waals surface area contributed by atoms with E-state index in [2.05, 4.69) is 44.1 Å². The Kier molecular flexibility index (Phi) is 6.93. The molecule has 0 saturated carbocycles. The number of hydrogen-bond donors (Lipinski definition) is 1. The van der Waals surface area contributed by atoms with Crippen molar-refractivity contribution in [2.45, 2.75) is 89.6 Å². The Morgan fingerprint density at radius 2 is 1.92 bits per heavy atom. The van der Waals surface area contributed by atoms with Gasteiger partial charge < -0.3 is 14.2 Å². The molecule has 2 aromatic rings. The summed E-state index contributed by atoms with van der Waals surface area (Å²) in [7, 11) is -1.81. The highest BCUT2D eigenvalue weighted by molar-refractivity contribution is 7.15. The van der Waals surface area contributed by atoms with Crippen LogP contribution in [0.2, 0.25) is 18.1 Å². The first-order valence-electron chi connectivity index (χ1n) is 13.3. The third kappa shape index (κ3) is 5.20. The number of carbonyl (C=O) groups excluding carboxylic acids is 1. The summed E-state index contributed by atoms with van der Waals surface area (Å²) in [4.78, 5) is 23.2. The van der Waals surface area contributed by atoms with E-state index in [1.807, 2.05) is 11.0 Å². The monoisotopic (exact) mass is 530 g/mol. The number of carbonyl (C=O) groups is 1. The highest BCUT2D eigenvalue weighted by Gasteiger charge is 2.32. The van der Waals surface area contributed by atoms with Gasteiger partial charge >= 0.3 is 6.03 Å². The summed E-state index contributed by atoms with van der Waals surface area (Å²) in [5.74, 6) is -0.179. The minimum absolute atomic E-state index is 0.0681. The number of likely N-dealkylation sites (tertiary alicyclic amines) is 1. The number of rotatable bonds is 4. The second-order valence-electron chi connectivity index (χ2n) is 12.0. The van der Waals surface area contributed by atoms with Crippen molar-refractivity contribution in [3.63, 3.8) is 0 Å². The maximum atomic E-state index is 13.8. The molecular formula is C27H39FN4O2SSi-. The predicted molar refractivity (Wildman–Crippen MR) is 147 cm³/mol. The minimum atomic E-state index is -1.81. The molecule has 1 N–H and O–H groups in total. The molecule has 3 heterocycles. The van der Waals surface area contributed by atoms with Crippen LogP contribution in [0.4, 0.5) is 20.0 Å². The van der Waals surface area contributed by atoms with Crippen LogP contribution in [0.3, 0.4) is 0 Å². The van der Waals surface area contributed by atoms with E-state index < -0.39 is 8.32 Å². The van der Waals surface area contributed by atoms with Gasteiger partial charge in [-0.2, -0.15) is 0 Å². The fourth-order valence-corrected chi connectivity index (χ4v) is 7.85. The number of anilines is 2. The molecule has 0 bridgehead atoms. The summed E-state index contributed by atoms with van der Waals surface area (Å²) in [5.41, 5.74) is 3.37. The lowest BCUT2D eigenvalue weighted by Crippen LogP contribution is -2.47. The summed E-state index contributed by atoms with van der Waals surface area (Å²) in [6, 6.07) is 5.40. The van der Waals surface area contributed by atoms with Crippen molar-refractivity contribution in [1.29, 1.82) is 0 Å². The number of nitrogens with zero attached hydrogens (tertiary/aromatic N) is 3. The van der Waals surface area contributed by atoms with E-state index in [4.69, 9.17) is 9.41 Å². The lowest BCUT2D eigenvalue weighted by molar-refractivity contribution is 0.165. The lowest BCUT2D eigenvalue weighted by Gasteiger charge is -2.51. The number of aromatic nitrogens is 1. The Labute approximate surface area is 219 Å². The minimum Gasteiger partial charge on any atom is -0.562 e. The zero-order chi connectivity index (χ0) is 25.7. The molecule has 2 aliphatic heterocycles. The Bertz CT molecular complexity index is 1120. The quantitative estimate of drug-likeness (QED) is 0.477. The number of urea groups is 1. The van der Waals surface area contributed by atoms with Crippen molar-refractivity contribution < 1.29 is 13.6 Å². The molecule has 1 aromatic carbocycles. The second-order valence-corrected chi connectivity index (χ2v) is 17.8. The van der Waals surface area contributed by atoms with Crippen LogP contribution < -0.4 is 10.2 Å². The van der Waals surface area contributed by atoms with Crippen LogP contribution in [0, 0.1) is 5.82 Å². The SMILES string of the molecule is CC(C)(C)[Si-](C)(C)OC1CCc2nc(NC(=O)N3CCC(N4CCc5ccc(F)cc54)CC3)sc2C1. The summed E-state index contributed by atoms with van der Waals surface area (Å²) in [6.45, 7) is 13.8. The molecule has 1 saturated heterocycles. The van der Waals surface area contributed by atoms with Crippen LogP contribution in [0.15, 0.2) is 18.2 Å². The van der Waals surface area contributed by atoms with Gasteiger partial charge in [-0.25, -0.2) is 14.2 Å². The molecule has 0 radical (unpaired) electrons. The highest BCUT2D eigenvalue weighted by Crippen LogP contribution is 2.40. The maximum absolute atomic E-state index is 13.8. The average molecular weight is 531 g/mol. The van der Waals surface area contributed by atoms with Gasteiger partial charge in [0, 0.05) is 48.8 Å². The van der Waals surface area contributed by atoms with Gasteiger partial charge in [0.1, 0.15) is 5.82 Å². The number of benzene rings is 1. The highest BCUT2D eigenvalue weighted by atomic mass is 32.1. The Morgan fingerprint density at radius 1 is 1.17 bits per heavy atom. The number of hydrogen-bond acceptors (Lipinski definition) is 5. The summed E-state index contributed by atoms with van der Waals surface area (Å²) in [5, 5.41) is 3.96. The largest absolute Gasteiger partial charge is 0.562 e. The number of aryl methyl sites for hydroxylation is 1. The predicted octanol–water partition coefficient (Wildman–Crippen LogP) is 6.22. The number of nitrogens with one attached hydrogen (secondary N) is 1. The van der Waals surface area contributed by atoms with Crippen LogP contribution >= 0.6 is 11.3 Å². The van der Waals surface area contributed by atoms with Crippen molar-refractivity contribution in [3.05, 3.63) is 40.2 Å². The number of thiazole rings is 1. The topological polar surface area (TPSA) is 57.7 Å². The molecule has 1 unspecified atom stereocenters. The third-order valence-corrected chi connectivity index (χ3v) is 14.1. The van der Waals surface area contributed by atoms with Gasteiger partial charge in [0.05, 0.1) is 5.69 Å². The van der Waals surface area contributed by atoms with E-state index in [9.17, 15) is 9.18 Å². The average Bonchev–Trinajstić information content (AvgIpc) is 3.41. The van der Waals surface area contributed by atoms with E-state index in [-0.39, 0.29) is 23.0 Å². The van der Waals surface area contributed by atoms with E-state index >= 15 is 0 Å². The molecule has 36 heavy (non-hydrogen) atoms. The molecule has 3 aliphatic rings. The zero-order valence-electron chi connectivity index (χ0n) is 22.2. The fourth-order valence-electron chi connectivity index (χ4n) is 5.40. The van der Waals surface area contributed by atoms with Gasteiger partial charge in [-0.1, -0.05) is 26.8 Å². The molecule has 1 aromatic heterocycles. The van der Waals surface area contributed by atoms with Gasteiger partial charge in [-0.15, -0.1) is 29.5 Å². The summed E-state index contributed by atoms with van der Waals surface area (Å²) < 4.78 is 20.5. The third-order valence-electron chi connectivity index (χ3n) is 8.55. The molecule has 9 heteroatoms. The first kappa shape index (κ1) is 25.7. The van der Waals surface area contributed by atoms with Gasteiger partial charge in [0.2, 0.25) is 0 Å². The van der Waals surface area contributed by atoms with Gasteiger partial charge in [-0.05, 0) is 58.1 Å². The smallest absolute Gasteiger partial charge is 0.323 e. The molecule has 0 spiro atoms. The molecule has 1 fully saturated rings. The van der Waals surface area contributed by atoms with Crippen LogP contribution in [0.1, 0.15) is 56.2 Å². The van der Waals surface area contributed by atoms with Crippen molar-refractivity contribution >= 4 is 36.5 Å². The number of piperidine rings is 1. The van der Waals surface area contributed by atoms with Crippen LogP contribution in [-0.4, -0.2) is 56.0 Å². The lowest BCUT2D eigenvalue weighted by atomic mass is 10.0. The fraction of sp³-hybridized carbons (Fsp3) is 0.630. The first-order chi connectivity index (χ1) is 17.0. The zero-order valence-corrected chi connectivity index (χ0v) is 24.0. The summed E-state index contributed by atoms with van der Waals surface area (Å²) in [6.07, 6.45) is 5.78. The van der Waals surface area contributed by atoms with E-state index in [0.29, 0.717) is 24.3 Å². The summed E-state index contributed by atoms with van der Waals surface area (Å²) >= 11 is 1.60. The van der Waals surface area contributed by atoms with Crippen molar-refractivity contribution in [2.24, 2.45) is 0 Å². The Hall–Kier alpha value is -1.97. The first-order valence-corrected chi connectivity index (χ1v) is 17.0. The van der Waals surface area contributed by atoms with Gasteiger partial charge in [0.15, 0.2) is 5.13 Å². The molecule has 2 amide bonds. The molecule has 1 atom stereocenters. The standard InChI is InChI=1S/C27H39FN4O2SSi/c1-27(2,3)36(4,5)34-21-8-9-22-24(17-21)35-25(29-22)30-26(33)31-13-11-20(12-14-31)32-15-10-18-6-7-19(28)16-23(18)32/h6-7,16,20-21H,8-15,17H2,1-5H3,(H,29,30,33)/q-1.